The molecule has 6 nitrogen and oxygen atoms in total. The molecule has 2 aliphatic heterocycles. The van der Waals surface area contributed by atoms with Gasteiger partial charge in [-0.15, -0.1) is 0 Å². The van der Waals surface area contributed by atoms with Gasteiger partial charge in [0.15, 0.2) is 0 Å². The van der Waals surface area contributed by atoms with Crippen molar-refractivity contribution in [3.8, 4) is 0 Å². The highest BCUT2D eigenvalue weighted by Crippen LogP contribution is 2.27. The first kappa shape index (κ1) is 24.3. The van der Waals surface area contributed by atoms with Gasteiger partial charge in [-0.05, 0) is 55.7 Å². The molecule has 0 bridgehead atoms. The molecule has 0 saturated carbocycles. The largest absolute Gasteiger partial charge is 0.348 e. The smallest absolute Gasteiger partial charge is 0.259 e. The van der Waals surface area contributed by atoms with E-state index in [-0.39, 0.29) is 11.9 Å². The Bertz CT molecular complexity index is 1200. The lowest BCUT2D eigenvalue weighted by atomic mass is 10.1. The zero-order valence-corrected chi connectivity index (χ0v) is 21.7. The first-order chi connectivity index (χ1) is 17.5. The van der Waals surface area contributed by atoms with E-state index < -0.39 is 0 Å². The lowest BCUT2D eigenvalue weighted by molar-refractivity contribution is -0.118. The Morgan fingerprint density at radius 2 is 1.53 bits per heavy atom. The van der Waals surface area contributed by atoms with E-state index in [1.165, 1.54) is 17.0 Å². The number of amides is 1. The predicted molar refractivity (Wildman–Crippen MR) is 147 cm³/mol. The van der Waals surface area contributed by atoms with Crippen LogP contribution < -0.4 is 4.90 Å². The summed E-state index contributed by atoms with van der Waals surface area (Å²) < 4.78 is 2.39. The second-order valence-corrected chi connectivity index (χ2v) is 9.93. The monoisotopic (exact) mass is 483 g/mol. The summed E-state index contributed by atoms with van der Waals surface area (Å²) in [6, 6.07) is 22.6. The van der Waals surface area contributed by atoms with Gasteiger partial charge in [-0.1, -0.05) is 49.4 Å². The Kier molecular flexibility index (Phi) is 7.23. The van der Waals surface area contributed by atoms with E-state index in [4.69, 9.17) is 4.99 Å². The van der Waals surface area contributed by atoms with E-state index in [1.54, 1.807) is 0 Å². The molecule has 3 aromatic rings. The molecule has 0 radical (unpaired) electrons. The van der Waals surface area contributed by atoms with E-state index in [0.717, 1.165) is 62.9 Å². The number of carbonyl (C=O) groups excluding carboxylic acids is 1. The summed E-state index contributed by atoms with van der Waals surface area (Å²) in [5.74, 6) is 0.883. The van der Waals surface area contributed by atoms with Crippen molar-refractivity contribution in [1.82, 2.24) is 14.4 Å². The van der Waals surface area contributed by atoms with Crippen molar-refractivity contribution in [2.75, 3.05) is 37.6 Å². The Morgan fingerprint density at radius 1 is 0.833 bits per heavy atom. The summed E-state index contributed by atoms with van der Waals surface area (Å²) in [6.45, 7) is 12.2. The molecule has 1 fully saturated rings. The average Bonchev–Trinajstić information content (AvgIpc) is 3.41. The predicted octanol–water partition coefficient (Wildman–Crippen LogP) is 4.30. The van der Waals surface area contributed by atoms with Gasteiger partial charge in [0.2, 0.25) is 5.96 Å². The van der Waals surface area contributed by atoms with Crippen LogP contribution in [-0.4, -0.2) is 65.0 Å². The highest BCUT2D eigenvalue weighted by atomic mass is 16.2. The average molecular weight is 484 g/mol. The molecule has 6 heteroatoms. The van der Waals surface area contributed by atoms with E-state index in [9.17, 15) is 4.79 Å². The number of carbonyl (C=O) groups is 1. The van der Waals surface area contributed by atoms with Crippen LogP contribution in [0.2, 0.25) is 0 Å². The highest BCUT2D eigenvalue weighted by molar-refractivity contribution is 6.22. The van der Waals surface area contributed by atoms with Crippen LogP contribution in [0.5, 0.6) is 0 Å². The Labute approximate surface area is 214 Å². The molecule has 1 saturated heterocycles. The van der Waals surface area contributed by atoms with Crippen LogP contribution >= 0.6 is 0 Å². The van der Waals surface area contributed by atoms with Gasteiger partial charge in [-0.2, -0.15) is 0 Å². The quantitative estimate of drug-likeness (QED) is 0.503. The van der Waals surface area contributed by atoms with Gasteiger partial charge < -0.3 is 9.47 Å². The fourth-order valence-electron chi connectivity index (χ4n) is 5.32. The lowest BCUT2D eigenvalue weighted by Gasteiger charge is -2.38. The minimum Gasteiger partial charge on any atom is -0.348 e. The van der Waals surface area contributed by atoms with Gasteiger partial charge in [0, 0.05) is 57.1 Å². The molecule has 0 N–H and O–H groups in total. The van der Waals surface area contributed by atoms with Crippen molar-refractivity contribution in [3.05, 3.63) is 89.2 Å². The van der Waals surface area contributed by atoms with Gasteiger partial charge in [0.25, 0.3) is 5.91 Å². The number of hydrogen-bond acceptors (Lipinski definition) is 4. The number of nitrogens with zero attached hydrogens (tertiary/aromatic N) is 5. The summed E-state index contributed by atoms with van der Waals surface area (Å²) in [6.07, 6.45) is 1.57. The van der Waals surface area contributed by atoms with E-state index in [0.29, 0.717) is 6.42 Å². The molecule has 5 rings (SSSR count). The Morgan fingerprint density at radius 3 is 2.22 bits per heavy atom. The van der Waals surface area contributed by atoms with Crippen LogP contribution in [0.1, 0.15) is 29.4 Å². The summed E-state index contributed by atoms with van der Waals surface area (Å²) >= 11 is 0. The minimum absolute atomic E-state index is 0.0723. The van der Waals surface area contributed by atoms with Crippen LogP contribution in [0.4, 0.5) is 5.69 Å². The van der Waals surface area contributed by atoms with Gasteiger partial charge in [-0.3, -0.25) is 9.69 Å². The number of guanidine groups is 1. The fourth-order valence-corrected chi connectivity index (χ4v) is 5.32. The Balaban J connectivity index is 1.32. The second-order valence-electron chi connectivity index (χ2n) is 9.93. The molecule has 3 heterocycles. The van der Waals surface area contributed by atoms with E-state index >= 15 is 0 Å². The number of aliphatic imine (C=N–C) groups is 1. The number of hydrogen-bond donors (Lipinski definition) is 0. The molecule has 2 aromatic carbocycles. The first-order valence-electron chi connectivity index (χ1n) is 13.2. The van der Waals surface area contributed by atoms with E-state index in [1.807, 2.05) is 35.2 Å². The third kappa shape index (κ3) is 5.09. The number of aryl methyl sites for hydroxylation is 3. The molecular weight excluding hydrogens is 446 g/mol. The van der Waals surface area contributed by atoms with Crippen LogP contribution in [0.3, 0.4) is 0 Å². The maximum Gasteiger partial charge on any atom is 0.259 e. The zero-order chi connectivity index (χ0) is 25.1. The van der Waals surface area contributed by atoms with Crippen molar-refractivity contribution in [2.24, 2.45) is 4.99 Å². The minimum atomic E-state index is -0.384. The molecule has 1 aromatic heterocycles. The third-order valence-electron chi connectivity index (χ3n) is 7.54. The fraction of sp³-hybridized carbons (Fsp3) is 0.400. The normalized spacial score (nSPS) is 18.7. The molecule has 0 aliphatic carbocycles. The van der Waals surface area contributed by atoms with Gasteiger partial charge in [0.1, 0.15) is 6.04 Å². The van der Waals surface area contributed by atoms with Crippen molar-refractivity contribution < 1.29 is 4.79 Å². The summed E-state index contributed by atoms with van der Waals surface area (Å²) in [5, 5.41) is 0. The Hall–Kier alpha value is -3.38. The number of aromatic nitrogens is 1. The van der Waals surface area contributed by atoms with Crippen LogP contribution in [0.15, 0.2) is 71.7 Å². The SMILES string of the molecule is CCc1cccc(N2C(=O)C(Cc3ccccc3)N=C2N2CCN(CCn3c(C)ccc3C)CC2)c1. The second kappa shape index (κ2) is 10.7. The number of anilines is 1. The van der Waals surface area contributed by atoms with Gasteiger partial charge >= 0.3 is 0 Å². The highest BCUT2D eigenvalue weighted by Gasteiger charge is 2.39. The summed E-state index contributed by atoms with van der Waals surface area (Å²) in [5.41, 5.74) is 5.93. The topological polar surface area (TPSA) is 44.1 Å². The van der Waals surface area contributed by atoms with Gasteiger partial charge in [-0.25, -0.2) is 9.89 Å². The van der Waals surface area contributed by atoms with Crippen molar-refractivity contribution >= 4 is 17.6 Å². The zero-order valence-electron chi connectivity index (χ0n) is 21.7. The molecule has 36 heavy (non-hydrogen) atoms. The standard InChI is InChI=1S/C30H37N5O/c1-4-25-11-8-12-27(21-25)35-29(36)28(22-26-9-6-5-7-10-26)31-30(35)33-18-15-32(16-19-33)17-20-34-23(2)13-14-24(34)3/h5-14,21,28H,4,15-20,22H2,1-3H3. The van der Waals surface area contributed by atoms with Crippen LogP contribution in [-0.2, 0) is 24.2 Å². The molecule has 1 atom stereocenters. The summed E-state index contributed by atoms with van der Waals surface area (Å²) in [7, 11) is 0. The lowest BCUT2D eigenvalue weighted by Crippen LogP contribution is -2.53. The molecular formula is C30H37N5O. The number of benzene rings is 2. The molecule has 0 spiro atoms. The number of rotatable bonds is 7. The molecule has 1 unspecified atom stereocenters. The maximum atomic E-state index is 13.7. The van der Waals surface area contributed by atoms with Crippen molar-refractivity contribution in [3.63, 3.8) is 0 Å². The van der Waals surface area contributed by atoms with Crippen molar-refractivity contribution in [1.29, 1.82) is 0 Å². The molecule has 188 valence electrons. The molecule has 1 amide bonds. The summed E-state index contributed by atoms with van der Waals surface area (Å²) in [4.78, 5) is 25.4. The van der Waals surface area contributed by atoms with Crippen LogP contribution in [0.25, 0.3) is 0 Å². The molecule has 2 aliphatic rings. The van der Waals surface area contributed by atoms with E-state index in [2.05, 4.69) is 71.5 Å². The maximum absolute atomic E-state index is 13.7. The first-order valence-corrected chi connectivity index (χ1v) is 13.2. The van der Waals surface area contributed by atoms with Gasteiger partial charge in [0.05, 0.1) is 5.69 Å². The van der Waals surface area contributed by atoms with Crippen LogP contribution in [0, 0.1) is 13.8 Å². The third-order valence-corrected chi connectivity index (χ3v) is 7.54. The van der Waals surface area contributed by atoms with Crippen molar-refractivity contribution in [2.45, 2.75) is 46.2 Å². The number of piperazine rings is 1.